The molecule has 2 rings (SSSR count). The predicted octanol–water partition coefficient (Wildman–Crippen LogP) is -1.11. The Morgan fingerprint density at radius 1 is 1.24 bits per heavy atom. The number of aliphatic carboxylic acids is 1. The molecule has 1 saturated heterocycles. The molecule has 1 fully saturated rings. The highest BCUT2D eigenvalue weighted by molar-refractivity contribution is 6.41. The van der Waals surface area contributed by atoms with Gasteiger partial charge in [0.05, 0.1) is 13.1 Å². The van der Waals surface area contributed by atoms with Crippen LogP contribution in [0.3, 0.4) is 0 Å². The number of aromatic hydroxyl groups is 1. The molecule has 12 heteroatoms. The minimum atomic E-state index is -1.58. The lowest BCUT2D eigenvalue weighted by atomic mass is 9.82. The summed E-state index contributed by atoms with van der Waals surface area (Å²) < 4.78 is 5.60. The summed E-state index contributed by atoms with van der Waals surface area (Å²) in [5.74, 6) is -3.43. The topological polar surface area (TPSA) is 191 Å². The number of carbonyl (C=O) groups is 3. The van der Waals surface area contributed by atoms with Crippen LogP contribution in [0.4, 0.5) is 0 Å². The van der Waals surface area contributed by atoms with Crippen molar-refractivity contribution in [2.45, 2.75) is 37.7 Å². The van der Waals surface area contributed by atoms with Gasteiger partial charge < -0.3 is 40.7 Å². The van der Waals surface area contributed by atoms with Gasteiger partial charge >= 0.3 is 19.1 Å². The van der Waals surface area contributed by atoms with Gasteiger partial charge in [-0.2, -0.15) is 0 Å². The molecule has 1 aromatic carbocycles. The van der Waals surface area contributed by atoms with Crippen molar-refractivity contribution >= 4 is 25.0 Å². The summed E-state index contributed by atoms with van der Waals surface area (Å²) in [6.07, 6.45) is -0.495. The number of nitrogens with zero attached hydrogens (tertiary/aromatic N) is 1. The maximum Gasteiger partial charge on any atom is 0.451 e. The fraction of sp³-hybridized carbons (Fsp3) is 0.471. The van der Waals surface area contributed by atoms with E-state index in [9.17, 15) is 24.6 Å². The van der Waals surface area contributed by atoms with E-state index in [1.54, 1.807) is 0 Å². The first-order chi connectivity index (χ1) is 13.6. The van der Waals surface area contributed by atoms with Crippen LogP contribution in [0.25, 0.3) is 0 Å². The number of benzene rings is 1. The molecule has 0 aromatic heterocycles. The van der Waals surface area contributed by atoms with E-state index in [0.717, 1.165) is 0 Å². The second kappa shape index (κ2) is 9.59. The van der Waals surface area contributed by atoms with Crippen molar-refractivity contribution in [1.29, 1.82) is 0 Å². The van der Waals surface area contributed by atoms with Crippen LogP contribution in [0.1, 0.15) is 28.8 Å². The molecule has 0 saturated carbocycles. The Morgan fingerprint density at radius 3 is 2.45 bits per heavy atom. The van der Waals surface area contributed by atoms with Crippen LogP contribution in [0.15, 0.2) is 12.1 Å². The summed E-state index contributed by atoms with van der Waals surface area (Å²) in [6, 6.07) is 1.70. The van der Waals surface area contributed by atoms with Crippen LogP contribution < -0.4 is 10.5 Å². The average molecular weight is 410 g/mol. The summed E-state index contributed by atoms with van der Waals surface area (Å²) in [5, 5.41) is 46.2. The number of rotatable bonds is 10. The van der Waals surface area contributed by atoms with E-state index in [1.165, 1.54) is 17.0 Å². The zero-order chi connectivity index (χ0) is 21.7. The van der Waals surface area contributed by atoms with E-state index in [0.29, 0.717) is 0 Å². The Kier molecular flexibility index (Phi) is 7.43. The fourth-order valence-electron chi connectivity index (χ4n) is 2.86. The highest BCUT2D eigenvalue weighted by Gasteiger charge is 2.34. The lowest BCUT2D eigenvalue weighted by Crippen LogP contribution is -2.56. The van der Waals surface area contributed by atoms with E-state index in [2.05, 4.69) is 0 Å². The summed E-state index contributed by atoms with van der Waals surface area (Å²) in [7, 11) is -1.58. The lowest BCUT2D eigenvalue weighted by molar-refractivity contribution is -0.141. The average Bonchev–Trinajstić information content (AvgIpc) is 2.60. The van der Waals surface area contributed by atoms with Crippen molar-refractivity contribution in [3.8, 4) is 11.5 Å². The molecule has 1 aliphatic rings. The number of carboxylic acids is 2. The monoisotopic (exact) mass is 410 g/mol. The highest BCUT2D eigenvalue weighted by Crippen LogP contribution is 2.34. The Hall–Kier alpha value is -2.83. The van der Waals surface area contributed by atoms with E-state index in [4.69, 9.17) is 25.6 Å². The Morgan fingerprint density at radius 2 is 1.90 bits per heavy atom. The summed E-state index contributed by atoms with van der Waals surface area (Å²) in [5.41, 5.74) is 5.16. The minimum absolute atomic E-state index is 0.0111. The van der Waals surface area contributed by atoms with Gasteiger partial charge in [-0.25, -0.2) is 4.79 Å². The van der Waals surface area contributed by atoms with Crippen molar-refractivity contribution in [3.63, 3.8) is 0 Å². The third kappa shape index (κ3) is 5.83. The van der Waals surface area contributed by atoms with Gasteiger partial charge in [-0.05, 0) is 30.8 Å². The smallest absolute Gasteiger partial charge is 0.451 e. The zero-order valence-corrected chi connectivity index (χ0v) is 15.5. The van der Waals surface area contributed by atoms with Gasteiger partial charge in [-0.15, -0.1) is 0 Å². The van der Waals surface area contributed by atoms with Crippen LogP contribution in [0, 0.1) is 0 Å². The second-order valence-corrected chi connectivity index (χ2v) is 6.79. The number of phenols is 1. The molecule has 0 spiro atoms. The molecule has 7 N–H and O–H groups in total. The van der Waals surface area contributed by atoms with E-state index < -0.39 is 42.5 Å². The molecule has 1 atom stereocenters. The first-order valence-corrected chi connectivity index (χ1v) is 8.97. The number of aryl methyl sites for hydroxylation is 1. The van der Waals surface area contributed by atoms with Crippen LogP contribution >= 0.6 is 0 Å². The van der Waals surface area contributed by atoms with E-state index in [1.807, 2.05) is 0 Å². The molecule has 158 valence electrons. The number of carboxylic acid groups (broad SMARTS) is 2. The molecule has 0 aliphatic carbocycles. The second-order valence-electron chi connectivity index (χ2n) is 6.79. The lowest BCUT2D eigenvalue weighted by Gasteiger charge is -2.39. The van der Waals surface area contributed by atoms with Crippen molar-refractivity contribution < 1.29 is 44.5 Å². The van der Waals surface area contributed by atoms with E-state index in [-0.39, 0.29) is 55.9 Å². The summed E-state index contributed by atoms with van der Waals surface area (Å²) in [4.78, 5) is 35.6. The zero-order valence-electron chi connectivity index (χ0n) is 15.5. The molecule has 0 bridgehead atoms. The molecule has 0 radical (unpaired) electrons. The van der Waals surface area contributed by atoms with Gasteiger partial charge in [-0.1, -0.05) is 6.07 Å². The number of ether oxygens (including phenoxy) is 1. The first kappa shape index (κ1) is 22.5. The quantitative estimate of drug-likeness (QED) is 0.258. The number of hydrogen-bond donors (Lipinski definition) is 6. The van der Waals surface area contributed by atoms with Gasteiger partial charge in [0.2, 0.25) is 5.91 Å². The van der Waals surface area contributed by atoms with Crippen LogP contribution in [-0.4, -0.2) is 80.5 Å². The Balaban J connectivity index is 1.96. The van der Waals surface area contributed by atoms with Gasteiger partial charge in [0.15, 0.2) is 0 Å². The molecular weight excluding hydrogens is 387 g/mol. The number of hydrogen-bond acceptors (Lipinski definition) is 8. The molecule has 1 aromatic rings. The highest BCUT2D eigenvalue weighted by atomic mass is 16.5. The largest absolute Gasteiger partial charge is 0.507 e. The third-order valence-corrected chi connectivity index (χ3v) is 4.59. The number of aromatic carboxylic acids is 1. The molecule has 29 heavy (non-hydrogen) atoms. The SMILES string of the molecule is N[C@@H](CCC(=O)N1CC(Oc2ccc(CCB(O)O)c(O)c2C(=O)O)C1)C(=O)O. The summed E-state index contributed by atoms with van der Waals surface area (Å²) >= 11 is 0. The van der Waals surface area contributed by atoms with Crippen molar-refractivity contribution in [3.05, 3.63) is 23.3 Å². The molecule has 11 nitrogen and oxygen atoms in total. The van der Waals surface area contributed by atoms with Crippen LogP contribution in [0.5, 0.6) is 11.5 Å². The van der Waals surface area contributed by atoms with Gasteiger partial charge in [0.1, 0.15) is 29.2 Å². The molecule has 1 heterocycles. The van der Waals surface area contributed by atoms with Crippen LogP contribution in [0.2, 0.25) is 6.32 Å². The number of nitrogens with two attached hydrogens (primary N) is 1. The number of carbonyl (C=O) groups excluding carboxylic acids is 1. The normalized spacial score (nSPS) is 14.8. The van der Waals surface area contributed by atoms with E-state index >= 15 is 0 Å². The summed E-state index contributed by atoms with van der Waals surface area (Å²) in [6.45, 7) is 0.388. The van der Waals surface area contributed by atoms with Crippen molar-refractivity contribution in [1.82, 2.24) is 4.90 Å². The van der Waals surface area contributed by atoms with Gasteiger partial charge in [0.25, 0.3) is 0 Å². The fourth-order valence-corrected chi connectivity index (χ4v) is 2.86. The molecule has 1 aliphatic heterocycles. The van der Waals surface area contributed by atoms with Crippen molar-refractivity contribution in [2.24, 2.45) is 5.73 Å². The third-order valence-electron chi connectivity index (χ3n) is 4.59. The van der Waals surface area contributed by atoms with Gasteiger partial charge in [0, 0.05) is 6.42 Å². The van der Waals surface area contributed by atoms with Gasteiger partial charge in [-0.3, -0.25) is 9.59 Å². The van der Waals surface area contributed by atoms with Crippen LogP contribution in [-0.2, 0) is 16.0 Å². The maximum absolute atomic E-state index is 12.0. The standard InChI is InChI=1S/C17H23BN2O9/c19-11(16(23)24)2-4-13(21)20-7-10(8-20)29-12-3-1-9(5-6-18(27)28)15(22)14(12)17(25)26/h1,3,10-11,22,27-28H,2,4-8,19H2,(H,23,24)(H,25,26)/t11-/m0/s1. The molecule has 1 amide bonds. The maximum atomic E-state index is 12.0. The molecule has 0 unspecified atom stereocenters. The Bertz CT molecular complexity index is 780. The predicted molar refractivity (Wildman–Crippen MR) is 99.6 cm³/mol. The van der Waals surface area contributed by atoms with Crippen molar-refractivity contribution in [2.75, 3.05) is 13.1 Å². The first-order valence-electron chi connectivity index (χ1n) is 8.97. The Labute approximate surface area is 166 Å². The molecular formula is C17H23BN2O9. The minimum Gasteiger partial charge on any atom is -0.507 e. The number of likely N-dealkylation sites (tertiary alicyclic amines) is 1. The number of amides is 1.